The lowest BCUT2D eigenvalue weighted by molar-refractivity contribution is -0.127. The van der Waals surface area contributed by atoms with Crippen molar-refractivity contribution in [1.29, 1.82) is 0 Å². The maximum absolute atomic E-state index is 14.5. The minimum absolute atomic E-state index is 0.0831. The van der Waals surface area contributed by atoms with Gasteiger partial charge in [0, 0.05) is 18.3 Å². The molecule has 0 bridgehead atoms. The zero-order valence-electron chi connectivity index (χ0n) is 19.6. The normalized spacial score (nSPS) is 15.4. The van der Waals surface area contributed by atoms with Crippen molar-refractivity contribution in [1.82, 2.24) is 19.3 Å². The number of hydrogen-bond acceptors (Lipinski definition) is 5. The zero-order chi connectivity index (χ0) is 24.5. The Morgan fingerprint density at radius 3 is 2.71 bits per heavy atom. The third kappa shape index (κ3) is 4.12. The van der Waals surface area contributed by atoms with Gasteiger partial charge in [-0.3, -0.25) is 14.2 Å². The standard InChI is InChI=1S/C27H25FN4O3/c1-4-24(33)31-14-6-7-20(31)27-30-26(21-15-29-17(2)16-32(21)27)18-10-12-19(13-11-18)35-23-9-5-8-22(34-3)25(23)28/h4-5,8-13,15-16,20H,1,6-7,14H2,2-3H3. The fourth-order valence-corrected chi connectivity index (χ4v) is 4.50. The molecule has 2 aromatic carbocycles. The summed E-state index contributed by atoms with van der Waals surface area (Å²) in [6.07, 6.45) is 6.83. The molecule has 1 fully saturated rings. The lowest BCUT2D eigenvalue weighted by Gasteiger charge is -2.22. The van der Waals surface area contributed by atoms with Crippen LogP contribution in [-0.2, 0) is 4.79 Å². The van der Waals surface area contributed by atoms with E-state index in [1.807, 2.05) is 34.6 Å². The number of carbonyl (C=O) groups is 1. The molecule has 1 atom stereocenters. The van der Waals surface area contributed by atoms with Gasteiger partial charge < -0.3 is 14.4 Å². The molecule has 1 saturated heterocycles. The van der Waals surface area contributed by atoms with E-state index in [4.69, 9.17) is 14.5 Å². The van der Waals surface area contributed by atoms with E-state index < -0.39 is 5.82 Å². The molecule has 2 aromatic heterocycles. The summed E-state index contributed by atoms with van der Waals surface area (Å²) in [6.45, 7) is 6.25. The van der Waals surface area contributed by atoms with E-state index in [-0.39, 0.29) is 23.4 Å². The molecular weight excluding hydrogens is 447 g/mol. The number of amides is 1. The van der Waals surface area contributed by atoms with Gasteiger partial charge in [-0.1, -0.05) is 12.6 Å². The van der Waals surface area contributed by atoms with E-state index in [1.165, 1.54) is 19.3 Å². The molecule has 3 heterocycles. The van der Waals surface area contributed by atoms with Crippen molar-refractivity contribution in [2.45, 2.75) is 25.8 Å². The number of imidazole rings is 1. The van der Waals surface area contributed by atoms with Crippen molar-refractivity contribution >= 4 is 11.4 Å². The van der Waals surface area contributed by atoms with Crippen LogP contribution in [0.5, 0.6) is 17.2 Å². The number of benzene rings is 2. The Kier molecular flexibility index (Phi) is 5.94. The molecule has 178 valence electrons. The summed E-state index contributed by atoms with van der Waals surface area (Å²) < 4.78 is 27.3. The molecule has 0 N–H and O–H groups in total. The highest BCUT2D eigenvalue weighted by Crippen LogP contribution is 2.36. The molecule has 0 radical (unpaired) electrons. The lowest BCUT2D eigenvalue weighted by Crippen LogP contribution is -2.29. The number of ether oxygens (including phenoxy) is 2. The zero-order valence-corrected chi connectivity index (χ0v) is 19.6. The predicted molar refractivity (Wildman–Crippen MR) is 130 cm³/mol. The molecule has 5 rings (SSSR count). The number of aryl methyl sites for hydroxylation is 1. The van der Waals surface area contributed by atoms with Crippen LogP contribution in [0.25, 0.3) is 16.8 Å². The van der Waals surface area contributed by atoms with Gasteiger partial charge in [-0.15, -0.1) is 0 Å². The quantitative estimate of drug-likeness (QED) is 0.347. The van der Waals surface area contributed by atoms with E-state index in [1.54, 1.807) is 30.5 Å². The lowest BCUT2D eigenvalue weighted by atomic mass is 10.1. The first-order valence-electron chi connectivity index (χ1n) is 11.4. The van der Waals surface area contributed by atoms with Gasteiger partial charge in [0.15, 0.2) is 11.5 Å². The number of rotatable bonds is 6. The third-order valence-corrected chi connectivity index (χ3v) is 6.19. The first-order chi connectivity index (χ1) is 17.0. The summed E-state index contributed by atoms with van der Waals surface area (Å²) in [7, 11) is 1.41. The highest BCUT2D eigenvalue weighted by Gasteiger charge is 2.32. The van der Waals surface area contributed by atoms with E-state index in [0.29, 0.717) is 12.3 Å². The average molecular weight is 473 g/mol. The van der Waals surface area contributed by atoms with Crippen LogP contribution in [0.4, 0.5) is 4.39 Å². The molecule has 0 aliphatic carbocycles. The van der Waals surface area contributed by atoms with E-state index in [0.717, 1.165) is 41.1 Å². The van der Waals surface area contributed by atoms with Gasteiger partial charge in [0.1, 0.15) is 11.6 Å². The molecule has 1 aliphatic heterocycles. The van der Waals surface area contributed by atoms with Crippen LogP contribution in [0.3, 0.4) is 0 Å². The van der Waals surface area contributed by atoms with Crippen molar-refractivity contribution in [2.75, 3.05) is 13.7 Å². The Balaban J connectivity index is 1.51. The molecule has 0 saturated carbocycles. The number of methoxy groups -OCH3 is 1. The van der Waals surface area contributed by atoms with Gasteiger partial charge in [0.2, 0.25) is 11.7 Å². The van der Waals surface area contributed by atoms with Crippen molar-refractivity contribution < 1.29 is 18.7 Å². The van der Waals surface area contributed by atoms with Crippen LogP contribution >= 0.6 is 0 Å². The molecule has 8 heteroatoms. The predicted octanol–water partition coefficient (Wildman–Crippen LogP) is 5.49. The van der Waals surface area contributed by atoms with Crippen LogP contribution in [0.2, 0.25) is 0 Å². The van der Waals surface area contributed by atoms with Gasteiger partial charge in [0.25, 0.3) is 0 Å². The number of carbonyl (C=O) groups excluding carboxylic acids is 1. The third-order valence-electron chi connectivity index (χ3n) is 6.19. The SMILES string of the molecule is C=CC(=O)N1CCCC1c1nc(-c2ccc(Oc3cccc(OC)c3F)cc2)c2cnc(C)cn12. The van der Waals surface area contributed by atoms with Crippen LogP contribution in [0.1, 0.15) is 30.4 Å². The first kappa shape index (κ1) is 22.6. The summed E-state index contributed by atoms with van der Waals surface area (Å²) in [4.78, 5) is 23.7. The van der Waals surface area contributed by atoms with Crippen LogP contribution in [-0.4, -0.2) is 38.8 Å². The summed E-state index contributed by atoms with van der Waals surface area (Å²) in [6, 6.07) is 11.9. The fraction of sp³-hybridized carbons (Fsp3) is 0.222. The molecular formula is C27H25FN4O3. The highest BCUT2D eigenvalue weighted by atomic mass is 19.1. The summed E-state index contributed by atoms with van der Waals surface area (Å²) in [5, 5.41) is 0. The van der Waals surface area contributed by atoms with E-state index in [2.05, 4.69) is 11.6 Å². The second-order valence-corrected chi connectivity index (χ2v) is 8.40. The van der Waals surface area contributed by atoms with Crippen LogP contribution < -0.4 is 9.47 Å². The van der Waals surface area contributed by atoms with Gasteiger partial charge in [-0.05, 0) is 62.2 Å². The van der Waals surface area contributed by atoms with Crippen LogP contribution in [0.15, 0.2) is 67.5 Å². The molecule has 35 heavy (non-hydrogen) atoms. The number of aromatic nitrogens is 3. The molecule has 1 amide bonds. The van der Waals surface area contributed by atoms with Crippen molar-refractivity contribution in [3.63, 3.8) is 0 Å². The summed E-state index contributed by atoms with van der Waals surface area (Å²) in [5.74, 6) is 0.835. The Labute approximate surface area is 202 Å². The number of fused-ring (bicyclic) bond motifs is 1. The highest BCUT2D eigenvalue weighted by molar-refractivity contribution is 5.87. The molecule has 4 aromatic rings. The largest absolute Gasteiger partial charge is 0.494 e. The topological polar surface area (TPSA) is 69.0 Å². The Morgan fingerprint density at radius 2 is 1.97 bits per heavy atom. The minimum atomic E-state index is -0.555. The van der Waals surface area contributed by atoms with E-state index >= 15 is 0 Å². The second kappa shape index (κ2) is 9.21. The maximum atomic E-state index is 14.5. The maximum Gasteiger partial charge on any atom is 0.246 e. The van der Waals surface area contributed by atoms with Gasteiger partial charge in [0.05, 0.1) is 36.3 Å². The Morgan fingerprint density at radius 1 is 1.20 bits per heavy atom. The number of hydrogen-bond donors (Lipinski definition) is 0. The van der Waals surface area contributed by atoms with Crippen molar-refractivity contribution in [3.8, 4) is 28.5 Å². The molecule has 0 spiro atoms. The smallest absolute Gasteiger partial charge is 0.246 e. The monoisotopic (exact) mass is 472 g/mol. The number of nitrogens with zero attached hydrogens (tertiary/aromatic N) is 4. The summed E-state index contributed by atoms with van der Waals surface area (Å²) >= 11 is 0. The second-order valence-electron chi connectivity index (χ2n) is 8.40. The Hall–Kier alpha value is -4.20. The fourth-order valence-electron chi connectivity index (χ4n) is 4.50. The number of halogens is 1. The molecule has 1 aliphatic rings. The summed E-state index contributed by atoms with van der Waals surface area (Å²) in [5.41, 5.74) is 3.31. The molecule has 7 nitrogen and oxygen atoms in total. The van der Waals surface area contributed by atoms with E-state index in [9.17, 15) is 9.18 Å². The van der Waals surface area contributed by atoms with Gasteiger partial charge in [-0.2, -0.15) is 4.39 Å². The first-order valence-corrected chi connectivity index (χ1v) is 11.4. The minimum Gasteiger partial charge on any atom is -0.494 e. The Bertz CT molecular complexity index is 1410. The van der Waals surface area contributed by atoms with Crippen molar-refractivity contribution in [2.24, 2.45) is 0 Å². The van der Waals surface area contributed by atoms with Gasteiger partial charge >= 0.3 is 0 Å². The van der Waals surface area contributed by atoms with Crippen molar-refractivity contribution in [3.05, 3.63) is 84.8 Å². The average Bonchev–Trinajstić information content (AvgIpc) is 3.50. The number of likely N-dealkylation sites (tertiary alicyclic amines) is 1. The van der Waals surface area contributed by atoms with Crippen LogP contribution in [0, 0.1) is 12.7 Å². The van der Waals surface area contributed by atoms with Gasteiger partial charge in [-0.25, -0.2) is 4.98 Å². The molecule has 1 unspecified atom stereocenters.